The van der Waals surface area contributed by atoms with Crippen molar-refractivity contribution in [3.63, 3.8) is 0 Å². The van der Waals surface area contributed by atoms with E-state index in [1.54, 1.807) is 18.4 Å². The molecule has 28 heavy (non-hydrogen) atoms. The first-order valence-corrected chi connectivity index (χ1v) is 9.41. The first-order chi connectivity index (χ1) is 13.5. The van der Waals surface area contributed by atoms with Gasteiger partial charge in [-0.25, -0.2) is 4.79 Å². The molecule has 5 heteroatoms. The molecule has 144 valence electrons. The normalized spacial score (nSPS) is 16.8. The highest BCUT2D eigenvalue weighted by atomic mass is 16.5. The van der Waals surface area contributed by atoms with Gasteiger partial charge in [0.1, 0.15) is 17.4 Å². The van der Waals surface area contributed by atoms with Crippen LogP contribution in [0.2, 0.25) is 0 Å². The minimum absolute atomic E-state index is 0.255. The number of carbonyl (C=O) groups excluding carboxylic acids is 1. The lowest BCUT2D eigenvalue weighted by Crippen LogP contribution is -2.24. The van der Waals surface area contributed by atoms with E-state index < -0.39 is 11.9 Å². The Balaban J connectivity index is 2.18. The van der Waals surface area contributed by atoms with Gasteiger partial charge in [0.05, 0.1) is 18.1 Å². The van der Waals surface area contributed by atoms with Crippen molar-refractivity contribution in [3.05, 3.63) is 76.8 Å². The number of hydrogen-bond donors (Lipinski definition) is 0. The zero-order valence-corrected chi connectivity index (χ0v) is 16.6. The lowest BCUT2D eigenvalue weighted by molar-refractivity contribution is -0.139. The van der Waals surface area contributed by atoms with Crippen molar-refractivity contribution < 1.29 is 14.3 Å². The van der Waals surface area contributed by atoms with Crippen LogP contribution in [0.4, 0.5) is 0 Å². The largest absolute Gasteiger partial charge is 0.463 e. The molecule has 1 aromatic heterocycles. The van der Waals surface area contributed by atoms with Crippen molar-refractivity contribution in [1.29, 1.82) is 5.26 Å². The molecule has 1 aliphatic heterocycles. The molecule has 2 aromatic rings. The Kier molecular flexibility index (Phi) is 5.70. The SMILES string of the molecule is CCOC(=O)C1=C(C)OC(n2cccc2)=C(C#N)[C@H]1c1ccc(C(C)C)cc1. The number of carbonyl (C=O) groups is 1. The van der Waals surface area contributed by atoms with Crippen LogP contribution in [0.5, 0.6) is 0 Å². The lowest BCUT2D eigenvalue weighted by Gasteiger charge is -2.28. The maximum atomic E-state index is 12.7. The standard InChI is InChI=1S/C23H24N2O3/c1-5-27-23(26)20-16(4)28-22(25-12-6-7-13-25)19(14-24)21(20)18-10-8-17(9-11-18)15(2)3/h6-13,15,21H,5H2,1-4H3/t21-/m1/s1. The summed E-state index contributed by atoms with van der Waals surface area (Å²) in [6.07, 6.45) is 3.63. The summed E-state index contributed by atoms with van der Waals surface area (Å²) in [7, 11) is 0. The van der Waals surface area contributed by atoms with Crippen LogP contribution in [0.1, 0.15) is 50.7 Å². The number of ether oxygens (including phenoxy) is 2. The maximum Gasteiger partial charge on any atom is 0.338 e. The lowest BCUT2D eigenvalue weighted by atomic mass is 9.82. The first-order valence-electron chi connectivity index (χ1n) is 9.41. The van der Waals surface area contributed by atoms with Gasteiger partial charge in [-0.1, -0.05) is 38.1 Å². The predicted octanol–water partition coefficient (Wildman–Crippen LogP) is 4.95. The number of esters is 1. The van der Waals surface area contributed by atoms with E-state index in [9.17, 15) is 10.1 Å². The summed E-state index contributed by atoms with van der Waals surface area (Å²) >= 11 is 0. The molecule has 1 aromatic carbocycles. The van der Waals surface area contributed by atoms with Gasteiger partial charge in [-0.3, -0.25) is 4.57 Å². The monoisotopic (exact) mass is 376 g/mol. The summed E-state index contributed by atoms with van der Waals surface area (Å²) in [6.45, 7) is 8.00. The molecule has 2 heterocycles. The highest BCUT2D eigenvalue weighted by Gasteiger charge is 2.37. The van der Waals surface area contributed by atoms with E-state index in [2.05, 4.69) is 19.9 Å². The van der Waals surface area contributed by atoms with Gasteiger partial charge in [-0.2, -0.15) is 5.26 Å². The maximum absolute atomic E-state index is 12.7. The molecule has 0 saturated carbocycles. The van der Waals surface area contributed by atoms with E-state index in [1.807, 2.05) is 48.8 Å². The topological polar surface area (TPSA) is 64.2 Å². The number of rotatable bonds is 5. The first kappa shape index (κ1) is 19.5. The number of aromatic nitrogens is 1. The van der Waals surface area contributed by atoms with Crippen LogP contribution in [0.3, 0.4) is 0 Å². The summed E-state index contributed by atoms with van der Waals surface area (Å²) in [4.78, 5) is 12.7. The number of benzene rings is 1. The Labute approximate surface area is 165 Å². The van der Waals surface area contributed by atoms with E-state index in [1.165, 1.54) is 5.56 Å². The Morgan fingerprint density at radius 1 is 1.25 bits per heavy atom. The number of nitriles is 1. The van der Waals surface area contributed by atoms with E-state index in [0.29, 0.717) is 28.7 Å². The second kappa shape index (κ2) is 8.18. The van der Waals surface area contributed by atoms with Gasteiger partial charge in [-0.05, 0) is 43.0 Å². The Morgan fingerprint density at radius 2 is 1.89 bits per heavy atom. The molecular weight excluding hydrogens is 352 g/mol. The summed E-state index contributed by atoms with van der Waals surface area (Å²) in [5, 5.41) is 9.97. The van der Waals surface area contributed by atoms with Gasteiger partial charge in [-0.15, -0.1) is 0 Å². The molecule has 1 aliphatic rings. The minimum atomic E-state index is -0.545. The van der Waals surface area contributed by atoms with Crippen LogP contribution in [-0.2, 0) is 14.3 Å². The Bertz CT molecular complexity index is 958. The van der Waals surface area contributed by atoms with Gasteiger partial charge in [0.25, 0.3) is 0 Å². The second-order valence-corrected chi connectivity index (χ2v) is 6.97. The van der Waals surface area contributed by atoms with Gasteiger partial charge in [0.15, 0.2) is 0 Å². The van der Waals surface area contributed by atoms with Crippen molar-refractivity contribution in [1.82, 2.24) is 4.57 Å². The fourth-order valence-corrected chi connectivity index (χ4v) is 3.38. The van der Waals surface area contributed by atoms with E-state index in [0.717, 1.165) is 5.56 Å². The molecule has 1 atom stereocenters. The molecule has 5 nitrogen and oxygen atoms in total. The molecule has 0 spiro atoms. The number of allylic oxidation sites excluding steroid dienone is 2. The predicted molar refractivity (Wildman–Crippen MR) is 107 cm³/mol. The molecule has 0 amide bonds. The average molecular weight is 376 g/mol. The van der Waals surface area contributed by atoms with Gasteiger partial charge < -0.3 is 9.47 Å². The summed E-state index contributed by atoms with van der Waals surface area (Å²) in [5.41, 5.74) is 2.80. The van der Waals surface area contributed by atoms with Crippen molar-refractivity contribution in [3.8, 4) is 6.07 Å². The van der Waals surface area contributed by atoms with Crippen LogP contribution in [-0.4, -0.2) is 17.1 Å². The van der Waals surface area contributed by atoms with Crippen molar-refractivity contribution in [2.75, 3.05) is 6.61 Å². The Hall–Kier alpha value is -3.26. The molecular formula is C23H24N2O3. The highest BCUT2D eigenvalue weighted by molar-refractivity contribution is 5.93. The second-order valence-electron chi connectivity index (χ2n) is 6.97. The molecule has 0 N–H and O–H groups in total. The van der Waals surface area contributed by atoms with E-state index in [4.69, 9.17) is 9.47 Å². The molecule has 0 bridgehead atoms. The third-order valence-electron chi connectivity index (χ3n) is 4.83. The fourth-order valence-electron chi connectivity index (χ4n) is 3.38. The summed E-state index contributed by atoms with van der Waals surface area (Å²) in [5.74, 6) is 0.246. The smallest absolute Gasteiger partial charge is 0.338 e. The van der Waals surface area contributed by atoms with Crippen molar-refractivity contribution in [2.24, 2.45) is 0 Å². The molecule has 0 fully saturated rings. The van der Waals surface area contributed by atoms with Crippen molar-refractivity contribution >= 4 is 11.9 Å². The van der Waals surface area contributed by atoms with Gasteiger partial charge >= 0.3 is 5.97 Å². The summed E-state index contributed by atoms with van der Waals surface area (Å²) < 4.78 is 12.9. The van der Waals surface area contributed by atoms with Crippen LogP contribution in [0, 0.1) is 11.3 Å². The average Bonchev–Trinajstić information content (AvgIpc) is 3.22. The van der Waals surface area contributed by atoms with E-state index >= 15 is 0 Å². The molecule has 0 aliphatic carbocycles. The minimum Gasteiger partial charge on any atom is -0.463 e. The third kappa shape index (κ3) is 3.59. The zero-order valence-electron chi connectivity index (χ0n) is 16.6. The quantitative estimate of drug-likeness (QED) is 0.692. The fraction of sp³-hybridized carbons (Fsp3) is 0.304. The molecule has 0 saturated heterocycles. The number of hydrogen-bond acceptors (Lipinski definition) is 4. The third-order valence-corrected chi connectivity index (χ3v) is 4.83. The van der Waals surface area contributed by atoms with E-state index in [-0.39, 0.29) is 6.61 Å². The highest BCUT2D eigenvalue weighted by Crippen LogP contribution is 2.42. The van der Waals surface area contributed by atoms with Gasteiger partial charge in [0.2, 0.25) is 5.88 Å². The van der Waals surface area contributed by atoms with Crippen LogP contribution < -0.4 is 0 Å². The number of nitrogens with zero attached hydrogens (tertiary/aromatic N) is 2. The molecule has 0 unspecified atom stereocenters. The van der Waals surface area contributed by atoms with Crippen molar-refractivity contribution in [2.45, 2.75) is 39.5 Å². The molecule has 0 radical (unpaired) electrons. The summed E-state index contributed by atoms with van der Waals surface area (Å²) in [6, 6.07) is 14.0. The van der Waals surface area contributed by atoms with Crippen LogP contribution >= 0.6 is 0 Å². The van der Waals surface area contributed by atoms with Gasteiger partial charge in [0, 0.05) is 12.4 Å². The van der Waals surface area contributed by atoms with Crippen LogP contribution in [0.25, 0.3) is 5.88 Å². The Morgan fingerprint density at radius 3 is 2.43 bits per heavy atom. The molecule has 3 rings (SSSR count). The van der Waals surface area contributed by atoms with Crippen LogP contribution in [0.15, 0.2) is 65.7 Å². The zero-order chi connectivity index (χ0) is 20.3.